The number of fused-ring (bicyclic) bond motifs is 1. The zero-order valence-electron chi connectivity index (χ0n) is 13.8. The minimum atomic E-state index is -0.0979. The van der Waals surface area contributed by atoms with Crippen molar-refractivity contribution in [1.82, 2.24) is 29.2 Å². The van der Waals surface area contributed by atoms with E-state index in [0.717, 1.165) is 23.4 Å². The number of imidazole rings is 1. The Bertz CT molecular complexity index is 853. The van der Waals surface area contributed by atoms with Crippen LogP contribution in [0.2, 0.25) is 0 Å². The quantitative estimate of drug-likeness (QED) is 0.726. The third-order valence-corrected chi connectivity index (χ3v) is 3.97. The molecule has 0 aliphatic heterocycles. The van der Waals surface area contributed by atoms with Crippen LogP contribution in [0, 0.1) is 0 Å². The van der Waals surface area contributed by atoms with E-state index in [4.69, 9.17) is 5.11 Å². The van der Waals surface area contributed by atoms with Crippen LogP contribution >= 0.6 is 0 Å². The first-order valence-corrected chi connectivity index (χ1v) is 7.82. The molecule has 1 aromatic carbocycles. The average Bonchev–Trinajstić information content (AvgIpc) is 3.20. The Balaban J connectivity index is 1.80. The summed E-state index contributed by atoms with van der Waals surface area (Å²) in [5, 5.41) is 17.0. The van der Waals surface area contributed by atoms with Crippen molar-refractivity contribution >= 4 is 16.9 Å². The topological polar surface area (TPSA) is 89.1 Å². The lowest BCUT2D eigenvalue weighted by Gasteiger charge is -2.17. The van der Waals surface area contributed by atoms with Gasteiger partial charge in [-0.1, -0.05) is 0 Å². The summed E-state index contributed by atoms with van der Waals surface area (Å²) in [5.74, 6) is 0.654. The van der Waals surface area contributed by atoms with Crippen LogP contribution in [0.15, 0.2) is 30.9 Å². The lowest BCUT2D eigenvalue weighted by Crippen LogP contribution is -2.27. The summed E-state index contributed by atoms with van der Waals surface area (Å²) in [6.45, 7) is 3.69. The summed E-state index contributed by atoms with van der Waals surface area (Å²) in [7, 11) is 1.74. The molecule has 126 valence electrons. The molecule has 1 amide bonds. The van der Waals surface area contributed by atoms with Gasteiger partial charge in [0, 0.05) is 25.7 Å². The van der Waals surface area contributed by atoms with Crippen LogP contribution in [0.5, 0.6) is 0 Å². The van der Waals surface area contributed by atoms with Crippen LogP contribution in [0.25, 0.3) is 11.0 Å². The molecule has 24 heavy (non-hydrogen) atoms. The second-order valence-corrected chi connectivity index (χ2v) is 5.56. The number of aryl methyl sites for hydroxylation is 1. The van der Waals surface area contributed by atoms with E-state index in [9.17, 15) is 4.79 Å². The molecule has 8 nitrogen and oxygen atoms in total. The van der Waals surface area contributed by atoms with Gasteiger partial charge in [0.25, 0.3) is 5.91 Å². The molecule has 0 saturated carbocycles. The fraction of sp³-hybridized carbons (Fsp3) is 0.375. The Kier molecular flexibility index (Phi) is 4.57. The highest BCUT2D eigenvalue weighted by molar-refractivity contribution is 5.97. The van der Waals surface area contributed by atoms with Gasteiger partial charge in [0.1, 0.15) is 6.33 Å². The highest BCUT2D eigenvalue weighted by atomic mass is 16.3. The van der Waals surface area contributed by atoms with Gasteiger partial charge in [-0.3, -0.25) is 4.79 Å². The van der Waals surface area contributed by atoms with Crippen molar-refractivity contribution in [2.75, 3.05) is 13.7 Å². The molecule has 0 radical (unpaired) electrons. The summed E-state index contributed by atoms with van der Waals surface area (Å²) in [6.07, 6.45) is 3.33. The van der Waals surface area contributed by atoms with Gasteiger partial charge < -0.3 is 19.1 Å². The largest absolute Gasteiger partial charge is 0.395 e. The van der Waals surface area contributed by atoms with Crippen LogP contribution in [-0.2, 0) is 19.6 Å². The molecule has 8 heteroatoms. The standard InChI is InChI=1S/C16H20N6O2/c1-3-21-11-18-19-15(21)9-20(2)16(24)12-4-5-14-13(8-12)17-10-22(14)6-7-23/h4-5,8,10-11,23H,3,6-7,9H2,1-2H3. The van der Waals surface area contributed by atoms with E-state index in [1.165, 1.54) is 0 Å². The number of benzene rings is 1. The predicted molar refractivity (Wildman–Crippen MR) is 88.3 cm³/mol. The maximum Gasteiger partial charge on any atom is 0.254 e. The van der Waals surface area contributed by atoms with Crippen LogP contribution < -0.4 is 0 Å². The molecule has 0 unspecified atom stereocenters. The Morgan fingerprint density at radius 1 is 1.29 bits per heavy atom. The predicted octanol–water partition coefficient (Wildman–Crippen LogP) is 0.912. The Hall–Kier alpha value is -2.74. The molecule has 0 bridgehead atoms. The summed E-state index contributed by atoms with van der Waals surface area (Å²) < 4.78 is 3.76. The first kappa shape index (κ1) is 16.1. The number of hydrogen-bond donors (Lipinski definition) is 1. The summed E-state index contributed by atoms with van der Waals surface area (Å²) >= 11 is 0. The van der Waals surface area contributed by atoms with E-state index < -0.39 is 0 Å². The molecule has 0 aliphatic rings. The number of carbonyl (C=O) groups is 1. The van der Waals surface area contributed by atoms with Crippen molar-refractivity contribution in [2.24, 2.45) is 0 Å². The van der Waals surface area contributed by atoms with Crippen LogP contribution in [0.4, 0.5) is 0 Å². The average molecular weight is 328 g/mol. The number of carbonyl (C=O) groups excluding carboxylic acids is 1. The summed E-state index contributed by atoms with van der Waals surface area (Å²) in [6, 6.07) is 5.40. The third-order valence-electron chi connectivity index (χ3n) is 3.97. The monoisotopic (exact) mass is 328 g/mol. The van der Waals surface area contributed by atoms with Gasteiger partial charge in [-0.2, -0.15) is 0 Å². The van der Waals surface area contributed by atoms with Crippen molar-refractivity contribution in [2.45, 2.75) is 26.6 Å². The normalized spacial score (nSPS) is 11.1. The fourth-order valence-electron chi connectivity index (χ4n) is 2.65. The number of aliphatic hydroxyl groups excluding tert-OH is 1. The zero-order valence-corrected chi connectivity index (χ0v) is 13.8. The smallest absolute Gasteiger partial charge is 0.254 e. The zero-order chi connectivity index (χ0) is 17.1. The van der Waals surface area contributed by atoms with Crippen molar-refractivity contribution in [3.05, 3.63) is 42.2 Å². The number of aromatic nitrogens is 5. The van der Waals surface area contributed by atoms with Crippen LogP contribution in [0.3, 0.4) is 0 Å². The van der Waals surface area contributed by atoms with Gasteiger partial charge in [-0.25, -0.2) is 4.98 Å². The fourth-order valence-corrected chi connectivity index (χ4v) is 2.65. The number of rotatable bonds is 6. The molecule has 3 rings (SSSR count). The molecular weight excluding hydrogens is 308 g/mol. The number of aliphatic hydroxyl groups is 1. The molecule has 2 heterocycles. The number of nitrogens with zero attached hydrogens (tertiary/aromatic N) is 6. The van der Waals surface area contributed by atoms with Crippen molar-refractivity contribution in [3.8, 4) is 0 Å². The Labute approximate surface area is 139 Å². The van der Waals surface area contributed by atoms with Gasteiger partial charge in [-0.05, 0) is 25.1 Å². The van der Waals surface area contributed by atoms with E-state index in [1.807, 2.05) is 22.1 Å². The molecular formula is C16H20N6O2. The summed E-state index contributed by atoms with van der Waals surface area (Å²) in [5.41, 5.74) is 2.20. The molecule has 0 atom stereocenters. The first-order chi connectivity index (χ1) is 11.6. The highest BCUT2D eigenvalue weighted by Crippen LogP contribution is 2.16. The van der Waals surface area contributed by atoms with Crippen LogP contribution in [0.1, 0.15) is 23.1 Å². The first-order valence-electron chi connectivity index (χ1n) is 7.82. The van der Waals surface area contributed by atoms with Crippen molar-refractivity contribution < 1.29 is 9.90 Å². The molecule has 1 N–H and O–H groups in total. The molecule has 2 aromatic heterocycles. The second-order valence-electron chi connectivity index (χ2n) is 5.56. The highest BCUT2D eigenvalue weighted by Gasteiger charge is 2.16. The molecule has 3 aromatic rings. The van der Waals surface area contributed by atoms with Crippen molar-refractivity contribution in [1.29, 1.82) is 0 Å². The minimum absolute atomic E-state index is 0.0486. The number of hydrogen-bond acceptors (Lipinski definition) is 5. The molecule has 0 aliphatic carbocycles. The summed E-state index contributed by atoms with van der Waals surface area (Å²) in [4.78, 5) is 18.6. The molecule has 0 spiro atoms. The molecule has 0 fully saturated rings. The van der Waals surface area contributed by atoms with E-state index >= 15 is 0 Å². The Morgan fingerprint density at radius 3 is 2.88 bits per heavy atom. The number of amides is 1. The van der Waals surface area contributed by atoms with E-state index in [2.05, 4.69) is 15.2 Å². The maximum atomic E-state index is 12.6. The Morgan fingerprint density at radius 2 is 2.12 bits per heavy atom. The SMILES string of the molecule is CCn1cnnc1CN(C)C(=O)c1ccc2c(c1)ncn2CCO. The van der Waals surface area contributed by atoms with Gasteiger partial charge in [0.2, 0.25) is 0 Å². The van der Waals surface area contributed by atoms with Crippen LogP contribution in [-0.4, -0.2) is 53.9 Å². The lowest BCUT2D eigenvalue weighted by atomic mass is 10.1. The van der Waals surface area contributed by atoms with Gasteiger partial charge in [0.05, 0.1) is 30.5 Å². The van der Waals surface area contributed by atoms with E-state index in [0.29, 0.717) is 18.7 Å². The van der Waals surface area contributed by atoms with Gasteiger partial charge >= 0.3 is 0 Å². The van der Waals surface area contributed by atoms with Gasteiger partial charge in [0.15, 0.2) is 5.82 Å². The lowest BCUT2D eigenvalue weighted by molar-refractivity contribution is 0.0780. The van der Waals surface area contributed by atoms with E-state index in [1.54, 1.807) is 36.7 Å². The van der Waals surface area contributed by atoms with E-state index in [-0.39, 0.29) is 12.5 Å². The van der Waals surface area contributed by atoms with Gasteiger partial charge in [-0.15, -0.1) is 10.2 Å². The minimum Gasteiger partial charge on any atom is -0.395 e. The third kappa shape index (κ3) is 3.00. The van der Waals surface area contributed by atoms with Crippen molar-refractivity contribution in [3.63, 3.8) is 0 Å². The maximum absolute atomic E-state index is 12.6. The second kappa shape index (κ2) is 6.79. The molecule has 0 saturated heterocycles.